The van der Waals surface area contributed by atoms with E-state index in [1.807, 2.05) is 0 Å². The molecule has 0 aromatic rings. The largest absolute Gasteiger partial charge is 0.395 e. The lowest BCUT2D eigenvalue weighted by Crippen LogP contribution is -2.80. The van der Waals surface area contributed by atoms with Gasteiger partial charge in [0.15, 0.2) is 18.4 Å². The van der Waals surface area contributed by atoms with E-state index in [-0.39, 0.29) is 18.9 Å². The van der Waals surface area contributed by atoms with Crippen LogP contribution in [-0.2, 0) is 18.9 Å². The van der Waals surface area contributed by atoms with E-state index in [9.17, 15) is 30.6 Å². The number of rotatable bonds is 4. The molecule has 0 radical (unpaired) electrons. The lowest BCUT2D eigenvalue weighted by atomic mass is 9.41. The molecule has 7 fully saturated rings. The number of aliphatic hydroxyl groups excluding tert-OH is 5. The maximum Gasteiger partial charge on any atom is 0.187 e. The zero-order chi connectivity index (χ0) is 18.7. The molecule has 26 heavy (non-hydrogen) atoms. The lowest BCUT2D eigenvalue weighted by Gasteiger charge is -2.67. The van der Waals surface area contributed by atoms with E-state index in [1.165, 1.54) is 0 Å². The molecule has 0 aromatic heterocycles. The second-order valence-corrected chi connectivity index (χ2v) is 8.42. The molecular formula is C16H24O10. The fourth-order valence-electron chi connectivity index (χ4n) is 6.06. The molecule has 0 amide bonds. The number of hydrogen-bond acceptors (Lipinski definition) is 10. The summed E-state index contributed by atoms with van der Waals surface area (Å²) >= 11 is 0. The summed E-state index contributed by atoms with van der Waals surface area (Å²) in [6.45, 7) is 0.840. The van der Waals surface area contributed by atoms with Crippen LogP contribution in [0.15, 0.2) is 0 Å². The SMILES string of the molecule is C[C@@]12C[C@@]3(O)OC(O1)C1(CO)C3CC12O[C@@H]1O[C@H](CO)[C@@H](O)[C@@H](O)[C@H]1O. The van der Waals surface area contributed by atoms with Crippen LogP contribution < -0.4 is 0 Å². The molecule has 10 heteroatoms. The fraction of sp³-hybridized carbons (Fsp3) is 1.00. The predicted octanol–water partition coefficient (Wildman–Crippen LogP) is -3.22. The van der Waals surface area contributed by atoms with Gasteiger partial charge in [0.2, 0.25) is 0 Å². The second-order valence-electron chi connectivity index (χ2n) is 8.42. The van der Waals surface area contributed by atoms with E-state index in [2.05, 4.69) is 0 Å². The quantitative estimate of drug-likeness (QED) is 0.295. The maximum absolute atomic E-state index is 10.8. The molecule has 6 bridgehead atoms. The Kier molecular flexibility index (Phi) is 3.37. The Labute approximate surface area is 148 Å². The van der Waals surface area contributed by atoms with Gasteiger partial charge in [-0.3, -0.25) is 0 Å². The van der Waals surface area contributed by atoms with Crippen molar-refractivity contribution in [2.45, 2.75) is 73.8 Å². The maximum atomic E-state index is 10.8. The molecule has 4 saturated heterocycles. The van der Waals surface area contributed by atoms with E-state index in [0.717, 1.165) is 0 Å². The van der Waals surface area contributed by atoms with Gasteiger partial charge in [-0.25, -0.2) is 0 Å². The van der Waals surface area contributed by atoms with Crippen molar-refractivity contribution in [2.24, 2.45) is 11.3 Å². The third-order valence-electron chi connectivity index (χ3n) is 7.38. The molecular weight excluding hydrogens is 352 g/mol. The first-order valence-corrected chi connectivity index (χ1v) is 8.85. The van der Waals surface area contributed by atoms with Crippen molar-refractivity contribution in [1.29, 1.82) is 0 Å². The Hall–Kier alpha value is -0.400. The average molecular weight is 376 g/mol. The Balaban J connectivity index is 1.50. The topological polar surface area (TPSA) is 158 Å². The third kappa shape index (κ3) is 1.61. The van der Waals surface area contributed by atoms with Gasteiger partial charge in [0, 0.05) is 12.3 Å². The monoisotopic (exact) mass is 376 g/mol. The molecule has 3 aliphatic carbocycles. The Morgan fingerprint density at radius 3 is 2.46 bits per heavy atom. The number of hydrogen-bond donors (Lipinski definition) is 6. The van der Waals surface area contributed by atoms with E-state index < -0.39 is 66.0 Å². The molecule has 4 aliphatic heterocycles. The van der Waals surface area contributed by atoms with Gasteiger partial charge in [-0.2, -0.15) is 0 Å². The summed E-state index contributed by atoms with van der Waals surface area (Å²) in [5.74, 6) is -1.77. The van der Waals surface area contributed by atoms with E-state index in [0.29, 0.717) is 6.42 Å². The minimum Gasteiger partial charge on any atom is -0.395 e. The minimum absolute atomic E-state index is 0.139. The van der Waals surface area contributed by atoms with Crippen LogP contribution in [0.4, 0.5) is 0 Å². The summed E-state index contributed by atoms with van der Waals surface area (Å²) in [7, 11) is 0. The first-order chi connectivity index (χ1) is 12.2. The van der Waals surface area contributed by atoms with Crippen LogP contribution in [0.3, 0.4) is 0 Å². The van der Waals surface area contributed by atoms with Crippen molar-refractivity contribution in [1.82, 2.24) is 0 Å². The molecule has 148 valence electrons. The highest BCUT2D eigenvalue weighted by atomic mass is 16.8. The number of aliphatic hydroxyl groups is 6. The van der Waals surface area contributed by atoms with Gasteiger partial charge in [-0.1, -0.05) is 0 Å². The van der Waals surface area contributed by atoms with Gasteiger partial charge < -0.3 is 49.6 Å². The summed E-state index contributed by atoms with van der Waals surface area (Å²) in [5.41, 5.74) is -3.09. The van der Waals surface area contributed by atoms with Gasteiger partial charge in [0.05, 0.1) is 18.6 Å². The molecule has 4 heterocycles. The van der Waals surface area contributed by atoms with E-state index >= 15 is 0 Å². The summed E-state index contributed by atoms with van der Waals surface area (Å²) in [5, 5.41) is 60.6. The van der Waals surface area contributed by atoms with Crippen molar-refractivity contribution in [3.63, 3.8) is 0 Å². The van der Waals surface area contributed by atoms with Gasteiger partial charge in [0.25, 0.3) is 0 Å². The van der Waals surface area contributed by atoms with Gasteiger partial charge >= 0.3 is 0 Å². The molecule has 3 saturated carbocycles. The smallest absolute Gasteiger partial charge is 0.187 e. The van der Waals surface area contributed by atoms with Crippen molar-refractivity contribution in [3.05, 3.63) is 0 Å². The fourth-order valence-corrected chi connectivity index (χ4v) is 6.06. The highest BCUT2D eigenvalue weighted by Crippen LogP contribution is 2.81. The van der Waals surface area contributed by atoms with Crippen LogP contribution in [-0.4, -0.2) is 97.8 Å². The standard InChI is InChI=1S/C16H24O10/c1-13-4-15(22)7-2-16(13,14(7,5-18)12(25-13)26-15)24-11-10(21)9(20)8(19)6(3-17)23-11/h6-12,17-22H,2-5H2,1H3/t6-,7?,8-,9-,10-,11+,12?,13+,14?,15-,16?/m1/s1. The van der Waals surface area contributed by atoms with Crippen molar-refractivity contribution in [2.75, 3.05) is 13.2 Å². The molecule has 0 aromatic carbocycles. The van der Waals surface area contributed by atoms with Gasteiger partial charge in [-0.15, -0.1) is 0 Å². The summed E-state index contributed by atoms with van der Waals surface area (Å²) in [4.78, 5) is 0. The van der Waals surface area contributed by atoms with Crippen LogP contribution in [0.25, 0.3) is 0 Å². The first-order valence-electron chi connectivity index (χ1n) is 8.85. The average Bonchev–Trinajstić information content (AvgIpc) is 2.77. The second kappa shape index (κ2) is 4.95. The minimum atomic E-state index is -1.56. The molecule has 7 rings (SSSR count). The predicted molar refractivity (Wildman–Crippen MR) is 79.1 cm³/mol. The molecule has 0 spiro atoms. The Morgan fingerprint density at radius 1 is 1.08 bits per heavy atom. The number of ether oxygens (including phenoxy) is 4. The lowest BCUT2D eigenvalue weighted by molar-refractivity contribution is -0.424. The zero-order valence-corrected chi connectivity index (χ0v) is 14.2. The van der Waals surface area contributed by atoms with Crippen LogP contribution in [0.2, 0.25) is 0 Å². The van der Waals surface area contributed by atoms with Crippen LogP contribution in [0.1, 0.15) is 19.8 Å². The molecule has 4 unspecified atom stereocenters. The third-order valence-corrected chi connectivity index (χ3v) is 7.38. The van der Waals surface area contributed by atoms with Crippen LogP contribution in [0.5, 0.6) is 0 Å². The Morgan fingerprint density at radius 2 is 1.81 bits per heavy atom. The molecule has 6 N–H and O–H groups in total. The molecule has 10 nitrogen and oxygen atoms in total. The normalized spacial score (nSPS) is 65.4. The van der Waals surface area contributed by atoms with Crippen molar-refractivity contribution < 1.29 is 49.6 Å². The summed E-state index contributed by atoms with van der Waals surface area (Å²) < 4.78 is 23.2. The van der Waals surface area contributed by atoms with Crippen LogP contribution >= 0.6 is 0 Å². The van der Waals surface area contributed by atoms with Gasteiger partial charge in [0.1, 0.15) is 35.6 Å². The Bertz CT molecular complexity index is 630. The van der Waals surface area contributed by atoms with Gasteiger partial charge in [-0.05, 0) is 13.3 Å². The highest BCUT2D eigenvalue weighted by Gasteiger charge is 2.94. The van der Waals surface area contributed by atoms with Crippen LogP contribution in [0, 0.1) is 11.3 Å². The zero-order valence-electron chi connectivity index (χ0n) is 14.2. The van der Waals surface area contributed by atoms with E-state index in [1.54, 1.807) is 6.92 Å². The van der Waals surface area contributed by atoms with Crippen molar-refractivity contribution >= 4 is 0 Å². The summed E-state index contributed by atoms with van der Waals surface area (Å²) in [6, 6.07) is 0. The molecule has 11 atom stereocenters. The van der Waals surface area contributed by atoms with Crippen molar-refractivity contribution in [3.8, 4) is 0 Å². The van der Waals surface area contributed by atoms with E-state index in [4.69, 9.17) is 18.9 Å². The highest BCUT2D eigenvalue weighted by molar-refractivity contribution is 5.37. The summed E-state index contributed by atoms with van der Waals surface area (Å²) in [6.07, 6.45) is -7.43. The first kappa shape index (κ1) is 17.7. The molecule has 7 aliphatic rings.